The normalized spacial score (nSPS) is 10.4. The molecule has 2 aromatic carbocycles. The smallest absolute Gasteiger partial charge is 0.307 e. The van der Waals surface area contributed by atoms with Crippen LogP contribution in [0.1, 0.15) is 27.2 Å². The highest BCUT2D eigenvalue weighted by Crippen LogP contribution is 2.15. The summed E-state index contributed by atoms with van der Waals surface area (Å²) in [6.07, 6.45) is 2.95. The van der Waals surface area contributed by atoms with Crippen molar-refractivity contribution in [2.75, 3.05) is 0 Å². The number of hydrogen-bond acceptors (Lipinski definition) is 5. The van der Waals surface area contributed by atoms with Crippen LogP contribution in [-0.2, 0) is 6.61 Å². The van der Waals surface area contributed by atoms with Gasteiger partial charge in [0, 0.05) is 5.56 Å². The number of amides is 1. The van der Waals surface area contributed by atoms with Crippen LogP contribution in [0.25, 0.3) is 0 Å². The molecule has 1 aromatic heterocycles. The predicted molar refractivity (Wildman–Crippen MR) is 95.7 cm³/mol. The first-order chi connectivity index (χ1) is 12.8. The molecule has 3 aromatic rings. The monoisotopic (exact) mass is 345 g/mol. The molecule has 1 N–H and O–H groups in total. The zero-order chi connectivity index (χ0) is 18.2. The quantitative estimate of drug-likeness (QED) is 0.547. The number of ether oxygens (including phenoxy) is 1. The van der Waals surface area contributed by atoms with Gasteiger partial charge in [-0.3, -0.25) is 4.79 Å². The van der Waals surface area contributed by atoms with Crippen LogP contribution >= 0.6 is 0 Å². The summed E-state index contributed by atoms with van der Waals surface area (Å²) in [5.74, 6) is 0.459. The minimum absolute atomic E-state index is 0.198. The fraction of sp³-hybridized carbons (Fsp3) is 0.0500. The molecule has 6 heteroatoms. The lowest BCUT2D eigenvalue weighted by atomic mass is 10.1. The SMILES string of the molecule is N#Cc1ccccc1COc1ccc(/C=N\NC(=O)c2ccco2)cc1. The molecule has 0 fully saturated rings. The molecule has 0 saturated heterocycles. The summed E-state index contributed by atoms with van der Waals surface area (Å²) in [6.45, 7) is 0.316. The summed E-state index contributed by atoms with van der Waals surface area (Å²) in [7, 11) is 0. The number of nitriles is 1. The molecular formula is C20H15N3O3. The van der Waals surface area contributed by atoms with Gasteiger partial charge in [0.25, 0.3) is 0 Å². The zero-order valence-corrected chi connectivity index (χ0v) is 13.8. The molecular weight excluding hydrogens is 330 g/mol. The van der Waals surface area contributed by atoms with Crippen molar-refractivity contribution in [2.45, 2.75) is 6.61 Å². The number of nitrogens with one attached hydrogen (secondary N) is 1. The molecule has 1 amide bonds. The van der Waals surface area contributed by atoms with Gasteiger partial charge in [-0.05, 0) is 48.0 Å². The van der Waals surface area contributed by atoms with Crippen LogP contribution in [0.2, 0.25) is 0 Å². The van der Waals surface area contributed by atoms with E-state index in [1.165, 1.54) is 12.5 Å². The Bertz CT molecular complexity index is 939. The van der Waals surface area contributed by atoms with E-state index in [1.807, 2.05) is 30.3 Å². The summed E-state index contributed by atoms with van der Waals surface area (Å²) in [4.78, 5) is 11.7. The van der Waals surface area contributed by atoms with Gasteiger partial charge in [0.15, 0.2) is 5.76 Å². The first kappa shape index (κ1) is 17.0. The highest BCUT2D eigenvalue weighted by molar-refractivity contribution is 5.92. The van der Waals surface area contributed by atoms with Gasteiger partial charge in [-0.25, -0.2) is 5.43 Å². The molecule has 0 aliphatic carbocycles. The number of carbonyl (C=O) groups is 1. The van der Waals surface area contributed by atoms with Gasteiger partial charge in [0.1, 0.15) is 12.4 Å². The lowest BCUT2D eigenvalue weighted by Crippen LogP contribution is -2.16. The van der Waals surface area contributed by atoms with Crippen molar-refractivity contribution in [3.8, 4) is 11.8 Å². The van der Waals surface area contributed by atoms with E-state index in [-0.39, 0.29) is 5.76 Å². The maximum atomic E-state index is 11.7. The molecule has 0 aliphatic rings. The third-order valence-electron chi connectivity index (χ3n) is 3.54. The molecule has 0 spiro atoms. The molecule has 0 bridgehead atoms. The minimum Gasteiger partial charge on any atom is -0.489 e. The summed E-state index contributed by atoms with van der Waals surface area (Å²) < 4.78 is 10.7. The number of benzene rings is 2. The van der Waals surface area contributed by atoms with Gasteiger partial charge < -0.3 is 9.15 Å². The van der Waals surface area contributed by atoms with Crippen molar-refractivity contribution in [3.63, 3.8) is 0 Å². The Morgan fingerprint density at radius 3 is 2.69 bits per heavy atom. The third kappa shape index (κ3) is 4.36. The maximum Gasteiger partial charge on any atom is 0.307 e. The lowest BCUT2D eigenvalue weighted by Gasteiger charge is -2.07. The molecule has 128 valence electrons. The van der Waals surface area contributed by atoms with Crippen molar-refractivity contribution in [3.05, 3.63) is 89.4 Å². The van der Waals surface area contributed by atoms with E-state index in [1.54, 1.807) is 30.3 Å². The molecule has 1 heterocycles. The number of hydrazone groups is 1. The number of furan rings is 1. The van der Waals surface area contributed by atoms with Gasteiger partial charge in [-0.15, -0.1) is 0 Å². The van der Waals surface area contributed by atoms with Gasteiger partial charge in [-0.2, -0.15) is 10.4 Å². The Balaban J connectivity index is 1.54. The Hall–Kier alpha value is -3.85. The topological polar surface area (TPSA) is 87.6 Å². The second-order valence-corrected chi connectivity index (χ2v) is 5.30. The second kappa shape index (κ2) is 8.31. The zero-order valence-electron chi connectivity index (χ0n) is 13.8. The molecule has 0 aliphatic heterocycles. The van der Waals surface area contributed by atoms with Crippen molar-refractivity contribution in [2.24, 2.45) is 5.10 Å². The van der Waals surface area contributed by atoms with E-state index in [9.17, 15) is 4.79 Å². The fourth-order valence-corrected chi connectivity index (χ4v) is 2.19. The average molecular weight is 345 g/mol. The summed E-state index contributed by atoms with van der Waals surface area (Å²) in [5.41, 5.74) is 4.62. The second-order valence-electron chi connectivity index (χ2n) is 5.30. The molecule has 3 rings (SSSR count). The molecule has 0 saturated carbocycles. The van der Waals surface area contributed by atoms with Crippen molar-refractivity contribution in [1.29, 1.82) is 5.26 Å². The van der Waals surface area contributed by atoms with Crippen molar-refractivity contribution < 1.29 is 13.9 Å². The molecule has 26 heavy (non-hydrogen) atoms. The third-order valence-corrected chi connectivity index (χ3v) is 3.54. The van der Waals surface area contributed by atoms with Gasteiger partial charge in [0.2, 0.25) is 0 Å². The average Bonchev–Trinajstić information content (AvgIpc) is 3.22. The Kier molecular flexibility index (Phi) is 5.43. The van der Waals surface area contributed by atoms with Crippen LogP contribution in [0.5, 0.6) is 5.75 Å². The fourth-order valence-electron chi connectivity index (χ4n) is 2.19. The van der Waals surface area contributed by atoms with Crippen molar-refractivity contribution >= 4 is 12.1 Å². The van der Waals surface area contributed by atoms with Crippen molar-refractivity contribution in [1.82, 2.24) is 5.43 Å². The van der Waals surface area contributed by atoms with Crippen LogP contribution < -0.4 is 10.2 Å². The standard InChI is InChI=1S/C20H15N3O3/c21-12-16-4-1-2-5-17(16)14-26-18-9-7-15(8-10-18)13-22-23-20(24)19-6-3-11-25-19/h1-11,13H,14H2,(H,23,24)/b22-13-. The number of carbonyl (C=O) groups excluding carboxylic acids is 1. The Labute approximate surface area is 150 Å². The molecule has 0 radical (unpaired) electrons. The lowest BCUT2D eigenvalue weighted by molar-refractivity contribution is 0.0927. The number of hydrogen-bond donors (Lipinski definition) is 1. The minimum atomic E-state index is -0.414. The first-order valence-electron chi connectivity index (χ1n) is 7.84. The van der Waals surface area contributed by atoms with Gasteiger partial charge in [-0.1, -0.05) is 18.2 Å². The van der Waals surface area contributed by atoms with Gasteiger partial charge in [0.05, 0.1) is 24.1 Å². The van der Waals surface area contributed by atoms with Crippen LogP contribution in [-0.4, -0.2) is 12.1 Å². The van der Waals surface area contributed by atoms with Crippen LogP contribution in [0.4, 0.5) is 0 Å². The highest BCUT2D eigenvalue weighted by atomic mass is 16.5. The van der Waals surface area contributed by atoms with E-state index in [0.717, 1.165) is 11.1 Å². The number of nitrogens with zero attached hydrogens (tertiary/aromatic N) is 2. The van der Waals surface area contributed by atoms with Gasteiger partial charge >= 0.3 is 5.91 Å². The van der Waals surface area contributed by atoms with E-state index in [4.69, 9.17) is 14.4 Å². The summed E-state index contributed by atoms with van der Waals surface area (Å²) in [6, 6.07) is 19.9. The largest absolute Gasteiger partial charge is 0.489 e. The predicted octanol–water partition coefficient (Wildman–Crippen LogP) is 3.49. The molecule has 6 nitrogen and oxygen atoms in total. The first-order valence-corrected chi connectivity index (χ1v) is 7.84. The molecule has 0 unspecified atom stereocenters. The maximum absolute atomic E-state index is 11.7. The van der Waals surface area contributed by atoms with E-state index >= 15 is 0 Å². The van der Waals surface area contributed by atoms with E-state index in [2.05, 4.69) is 16.6 Å². The van der Waals surface area contributed by atoms with Crippen LogP contribution in [0, 0.1) is 11.3 Å². The summed E-state index contributed by atoms with van der Waals surface area (Å²) >= 11 is 0. The van der Waals surface area contributed by atoms with E-state index < -0.39 is 5.91 Å². The summed E-state index contributed by atoms with van der Waals surface area (Å²) in [5, 5.41) is 13.0. The molecule has 0 atom stereocenters. The van der Waals surface area contributed by atoms with Crippen LogP contribution in [0.3, 0.4) is 0 Å². The Morgan fingerprint density at radius 1 is 1.15 bits per heavy atom. The highest BCUT2D eigenvalue weighted by Gasteiger charge is 2.06. The van der Waals surface area contributed by atoms with Crippen LogP contribution in [0.15, 0.2) is 76.4 Å². The Morgan fingerprint density at radius 2 is 1.96 bits per heavy atom. The van der Waals surface area contributed by atoms with E-state index in [0.29, 0.717) is 17.9 Å². The number of rotatable bonds is 6.